The maximum Gasteiger partial charge on any atom is 0.287 e. The molecule has 2 aromatic heterocycles. The number of carbonyl (C=O) groups excluding carboxylic acids is 1. The molecule has 0 aliphatic rings. The first kappa shape index (κ1) is 17.4. The average Bonchev–Trinajstić information content (AvgIpc) is 3.23. The van der Waals surface area contributed by atoms with Crippen molar-refractivity contribution in [3.05, 3.63) is 70.4 Å². The van der Waals surface area contributed by atoms with E-state index in [2.05, 4.69) is 10.4 Å². The highest BCUT2D eigenvalue weighted by molar-refractivity contribution is 6.30. The number of halogens is 2. The first-order valence-electron chi connectivity index (χ1n) is 7.53. The number of rotatable bonds is 7. The summed E-state index contributed by atoms with van der Waals surface area (Å²) >= 11 is 11.6. The summed E-state index contributed by atoms with van der Waals surface area (Å²) in [6.07, 6.45) is 3.23. The molecule has 2 heterocycles. The van der Waals surface area contributed by atoms with Crippen LogP contribution in [0, 0.1) is 0 Å². The second-order valence-corrected chi connectivity index (χ2v) is 6.06. The SMILES string of the molecule is O=C(NCCn1cc(Cl)cn1)c1ccc(COc2ccc(Cl)cc2)o1. The predicted molar refractivity (Wildman–Crippen MR) is 94.1 cm³/mol. The Morgan fingerprint density at radius 3 is 2.68 bits per heavy atom. The number of carbonyl (C=O) groups is 1. The van der Waals surface area contributed by atoms with Crippen molar-refractivity contribution in [1.29, 1.82) is 0 Å². The maximum atomic E-state index is 12.0. The van der Waals surface area contributed by atoms with Gasteiger partial charge in [0.05, 0.1) is 17.8 Å². The molecule has 1 amide bonds. The molecule has 130 valence electrons. The van der Waals surface area contributed by atoms with E-state index in [-0.39, 0.29) is 18.3 Å². The minimum Gasteiger partial charge on any atom is -0.486 e. The fraction of sp³-hybridized carbons (Fsp3) is 0.176. The summed E-state index contributed by atoms with van der Waals surface area (Å²) in [6.45, 7) is 1.15. The van der Waals surface area contributed by atoms with Gasteiger partial charge >= 0.3 is 0 Å². The summed E-state index contributed by atoms with van der Waals surface area (Å²) in [5.41, 5.74) is 0. The van der Waals surface area contributed by atoms with Crippen LogP contribution in [0.4, 0.5) is 0 Å². The first-order valence-corrected chi connectivity index (χ1v) is 8.29. The Kier molecular flexibility index (Phi) is 5.63. The second kappa shape index (κ2) is 8.09. The van der Waals surface area contributed by atoms with Gasteiger partial charge in [-0.1, -0.05) is 23.2 Å². The monoisotopic (exact) mass is 379 g/mol. The summed E-state index contributed by atoms with van der Waals surface area (Å²) in [5, 5.41) is 7.99. The predicted octanol–water partition coefficient (Wildman–Crippen LogP) is 3.79. The number of amides is 1. The molecule has 0 bridgehead atoms. The molecule has 1 N–H and O–H groups in total. The van der Waals surface area contributed by atoms with E-state index < -0.39 is 0 Å². The van der Waals surface area contributed by atoms with Crippen LogP contribution in [0.1, 0.15) is 16.3 Å². The Bertz CT molecular complexity index is 843. The van der Waals surface area contributed by atoms with E-state index in [0.717, 1.165) is 0 Å². The zero-order valence-corrected chi connectivity index (χ0v) is 14.6. The molecule has 0 unspecified atom stereocenters. The number of nitrogens with zero attached hydrogens (tertiary/aromatic N) is 2. The van der Waals surface area contributed by atoms with Crippen molar-refractivity contribution in [2.24, 2.45) is 0 Å². The van der Waals surface area contributed by atoms with E-state index in [1.807, 2.05) is 0 Å². The number of hydrogen-bond donors (Lipinski definition) is 1. The zero-order valence-electron chi connectivity index (χ0n) is 13.1. The molecule has 0 fully saturated rings. The Labute approximate surface area is 154 Å². The third-order valence-corrected chi connectivity index (χ3v) is 3.76. The number of ether oxygens (including phenoxy) is 1. The standard InChI is InChI=1S/C17H15Cl2N3O3/c18-12-1-3-14(4-2-12)24-11-15-5-6-16(25-15)17(23)20-7-8-22-10-13(19)9-21-22/h1-6,9-10H,7-8,11H2,(H,20,23). The molecule has 0 aliphatic heterocycles. The molecule has 0 saturated carbocycles. The number of nitrogens with one attached hydrogen (secondary N) is 1. The van der Waals surface area contributed by atoms with Crippen LogP contribution in [0.3, 0.4) is 0 Å². The lowest BCUT2D eigenvalue weighted by Gasteiger charge is -2.05. The molecule has 25 heavy (non-hydrogen) atoms. The molecule has 0 saturated heterocycles. The highest BCUT2D eigenvalue weighted by Crippen LogP contribution is 2.17. The molecule has 8 heteroatoms. The third kappa shape index (κ3) is 5.01. The van der Waals surface area contributed by atoms with Gasteiger partial charge in [-0.25, -0.2) is 0 Å². The van der Waals surface area contributed by atoms with Crippen molar-refractivity contribution >= 4 is 29.1 Å². The van der Waals surface area contributed by atoms with Crippen LogP contribution < -0.4 is 10.1 Å². The number of furan rings is 1. The number of hydrogen-bond acceptors (Lipinski definition) is 4. The van der Waals surface area contributed by atoms with Crippen molar-refractivity contribution in [3.63, 3.8) is 0 Å². The lowest BCUT2D eigenvalue weighted by Crippen LogP contribution is -2.27. The fourth-order valence-electron chi connectivity index (χ4n) is 2.09. The van der Waals surface area contributed by atoms with Gasteiger partial charge in [0, 0.05) is 17.8 Å². The first-order chi connectivity index (χ1) is 12.1. The van der Waals surface area contributed by atoms with E-state index in [9.17, 15) is 4.79 Å². The van der Waals surface area contributed by atoms with Gasteiger partial charge in [0.15, 0.2) is 5.76 Å². The molecule has 0 spiro atoms. The molecule has 3 aromatic rings. The molecule has 6 nitrogen and oxygen atoms in total. The van der Waals surface area contributed by atoms with Crippen molar-refractivity contribution < 1.29 is 13.9 Å². The van der Waals surface area contributed by atoms with E-state index in [1.165, 1.54) is 0 Å². The zero-order chi connectivity index (χ0) is 17.6. The normalized spacial score (nSPS) is 10.6. The van der Waals surface area contributed by atoms with Crippen molar-refractivity contribution in [1.82, 2.24) is 15.1 Å². The van der Waals surface area contributed by atoms with Gasteiger partial charge in [0.2, 0.25) is 0 Å². The van der Waals surface area contributed by atoms with Gasteiger partial charge in [0.1, 0.15) is 18.1 Å². The van der Waals surface area contributed by atoms with E-state index in [0.29, 0.717) is 34.6 Å². The molecule has 0 atom stereocenters. The second-order valence-electron chi connectivity index (χ2n) is 5.19. The topological polar surface area (TPSA) is 69.3 Å². The lowest BCUT2D eigenvalue weighted by molar-refractivity contribution is 0.0920. The van der Waals surface area contributed by atoms with Crippen LogP contribution in [-0.2, 0) is 13.2 Å². The minimum atomic E-state index is -0.295. The Balaban J connectivity index is 1.46. The Morgan fingerprint density at radius 2 is 1.96 bits per heavy atom. The van der Waals surface area contributed by atoms with Gasteiger partial charge < -0.3 is 14.5 Å². The summed E-state index contributed by atoms with van der Waals surface area (Å²) < 4.78 is 12.7. The summed E-state index contributed by atoms with van der Waals surface area (Å²) in [4.78, 5) is 12.0. The van der Waals surface area contributed by atoms with Crippen molar-refractivity contribution in [2.45, 2.75) is 13.2 Å². The van der Waals surface area contributed by atoms with Crippen LogP contribution in [0.5, 0.6) is 5.75 Å². The molecule has 1 aromatic carbocycles. The maximum absolute atomic E-state index is 12.0. The third-order valence-electron chi connectivity index (χ3n) is 3.31. The smallest absolute Gasteiger partial charge is 0.287 e. The fourth-order valence-corrected chi connectivity index (χ4v) is 2.38. The number of aromatic nitrogens is 2. The molecular formula is C17H15Cl2N3O3. The number of benzene rings is 1. The van der Waals surface area contributed by atoms with Gasteiger partial charge in [-0.3, -0.25) is 9.48 Å². The van der Waals surface area contributed by atoms with E-state index in [1.54, 1.807) is 53.5 Å². The highest BCUT2D eigenvalue weighted by atomic mass is 35.5. The van der Waals surface area contributed by atoms with Crippen LogP contribution in [0.25, 0.3) is 0 Å². The Morgan fingerprint density at radius 1 is 1.16 bits per heavy atom. The quantitative estimate of drug-likeness (QED) is 0.677. The summed E-state index contributed by atoms with van der Waals surface area (Å²) in [5.74, 6) is 1.16. The molecule has 0 radical (unpaired) electrons. The lowest BCUT2D eigenvalue weighted by atomic mass is 10.3. The van der Waals surface area contributed by atoms with Crippen LogP contribution >= 0.6 is 23.2 Å². The van der Waals surface area contributed by atoms with Gasteiger partial charge in [-0.15, -0.1) is 0 Å². The molecule has 3 rings (SSSR count). The van der Waals surface area contributed by atoms with Crippen molar-refractivity contribution in [3.8, 4) is 5.75 Å². The van der Waals surface area contributed by atoms with Gasteiger partial charge in [-0.05, 0) is 36.4 Å². The van der Waals surface area contributed by atoms with E-state index >= 15 is 0 Å². The largest absolute Gasteiger partial charge is 0.486 e. The highest BCUT2D eigenvalue weighted by Gasteiger charge is 2.11. The van der Waals surface area contributed by atoms with Crippen molar-refractivity contribution in [2.75, 3.05) is 6.54 Å². The summed E-state index contributed by atoms with van der Waals surface area (Å²) in [7, 11) is 0. The van der Waals surface area contributed by atoms with Crippen LogP contribution in [-0.4, -0.2) is 22.2 Å². The van der Waals surface area contributed by atoms with E-state index in [4.69, 9.17) is 32.4 Å². The van der Waals surface area contributed by atoms with Crippen LogP contribution in [0.2, 0.25) is 10.0 Å². The minimum absolute atomic E-state index is 0.223. The molecular weight excluding hydrogens is 365 g/mol. The van der Waals surface area contributed by atoms with Crippen LogP contribution in [0.15, 0.2) is 53.2 Å². The average molecular weight is 380 g/mol. The van der Waals surface area contributed by atoms with Gasteiger partial charge in [0.25, 0.3) is 5.91 Å². The molecule has 0 aliphatic carbocycles. The summed E-state index contributed by atoms with van der Waals surface area (Å²) in [6, 6.07) is 10.3. The van der Waals surface area contributed by atoms with Gasteiger partial charge in [-0.2, -0.15) is 5.10 Å². The Hall–Kier alpha value is -2.44.